The summed E-state index contributed by atoms with van der Waals surface area (Å²) in [5.41, 5.74) is 0. The summed E-state index contributed by atoms with van der Waals surface area (Å²) in [6, 6.07) is -1.37. The van der Waals surface area contributed by atoms with Crippen molar-refractivity contribution < 1.29 is 124 Å². The lowest BCUT2D eigenvalue weighted by molar-refractivity contribution is -0.366. The number of amides is 1. The van der Waals surface area contributed by atoms with Crippen LogP contribution in [0.1, 0.15) is 232 Å². The Balaban J connectivity index is 1.28. The fourth-order valence-corrected chi connectivity index (χ4v) is 12.5. The lowest BCUT2D eigenvalue weighted by Crippen LogP contribution is -2.65. The molecule has 0 radical (unpaired) electrons. The van der Waals surface area contributed by atoms with E-state index in [2.05, 4.69) is 19.2 Å². The van der Waals surface area contributed by atoms with Gasteiger partial charge in [-0.1, -0.05) is 219 Å². The maximum Gasteiger partial charge on any atom is 0.249 e. The van der Waals surface area contributed by atoms with Gasteiger partial charge in [0.1, 0.15) is 110 Å². The van der Waals surface area contributed by atoms with Crippen molar-refractivity contribution >= 4 is 5.91 Å². The Morgan fingerprint density at radius 1 is 0.370 bits per heavy atom. The van der Waals surface area contributed by atoms with Crippen molar-refractivity contribution in [3.63, 3.8) is 0 Å². The Hall–Kier alpha value is -1.49. The average molecular weight is 1330 g/mol. The molecule has 0 aromatic heterocycles. The molecule has 4 aliphatic heterocycles. The molecule has 4 aliphatic rings. The summed E-state index contributed by atoms with van der Waals surface area (Å²) in [4.78, 5) is 13.5. The molecule has 26 heteroatoms. The predicted molar refractivity (Wildman–Crippen MR) is 336 cm³/mol. The molecule has 92 heavy (non-hydrogen) atoms. The number of unbranched alkanes of at least 4 members (excludes halogenated alkanes) is 30. The van der Waals surface area contributed by atoms with Crippen molar-refractivity contribution in [2.24, 2.45) is 0 Å². The first-order valence-corrected chi connectivity index (χ1v) is 35.5. The Labute approximate surface area is 546 Å². The fraction of sp³-hybridized carbons (Fsp3) is 0.985. The Morgan fingerprint density at radius 2 is 0.685 bits per heavy atom. The van der Waals surface area contributed by atoms with E-state index in [0.29, 0.717) is 12.8 Å². The van der Waals surface area contributed by atoms with E-state index in [-0.39, 0.29) is 12.8 Å². The van der Waals surface area contributed by atoms with Gasteiger partial charge in [-0.05, 0) is 12.8 Å². The predicted octanol–water partition coefficient (Wildman–Crippen LogP) is 2.15. The molecule has 26 nitrogen and oxygen atoms in total. The molecule has 0 bridgehead atoms. The largest absolute Gasteiger partial charge is 0.394 e. The van der Waals surface area contributed by atoms with Gasteiger partial charge in [0.05, 0.1) is 45.2 Å². The summed E-state index contributed by atoms with van der Waals surface area (Å²) in [5, 5.41) is 175. The van der Waals surface area contributed by atoms with Crippen LogP contribution >= 0.6 is 0 Å². The number of nitrogens with one attached hydrogen (secondary N) is 1. The van der Waals surface area contributed by atoms with E-state index in [1.54, 1.807) is 0 Å². The van der Waals surface area contributed by atoms with Crippen LogP contribution in [0.25, 0.3) is 0 Å². The van der Waals surface area contributed by atoms with Gasteiger partial charge >= 0.3 is 0 Å². The number of hydrogen-bond acceptors (Lipinski definition) is 25. The van der Waals surface area contributed by atoms with Crippen LogP contribution in [0.3, 0.4) is 0 Å². The maximum absolute atomic E-state index is 13.5. The highest BCUT2D eigenvalue weighted by Gasteiger charge is 2.53. The van der Waals surface area contributed by atoms with Crippen molar-refractivity contribution in [3.8, 4) is 0 Å². The van der Waals surface area contributed by atoms with E-state index in [4.69, 9.17) is 37.9 Å². The van der Waals surface area contributed by atoms with Crippen LogP contribution < -0.4 is 5.32 Å². The van der Waals surface area contributed by atoms with Crippen molar-refractivity contribution in [2.45, 2.75) is 379 Å². The third-order valence-corrected chi connectivity index (χ3v) is 18.7. The molecule has 24 atom stereocenters. The monoisotopic (exact) mass is 1330 g/mol. The SMILES string of the molecule is CCCCCCCCCCCCCCCCCCCCCC[C@@H](O)C(=O)N[C@@H](CO[C@@H]1O[C@H](CO[C@@H]2O[C@H](CO[C@@H]3O[C@H](CO)[C@H](O)[C@H](O[C@H]4O[C@H](CO)[C@@H](O)[C@H](O)[C@@H]4O)[C@H]3O)[C@H](O)[C@H](O)[C@H]2O)[C@H](O)[C@H](O)[C@H]1O)[C@H](O)[C@H](O)CCCCCCCCCCCCCC. The number of carbonyl (C=O) groups is 1. The molecule has 17 N–H and O–H groups in total. The van der Waals surface area contributed by atoms with E-state index < -0.39 is 186 Å². The third kappa shape index (κ3) is 28.8. The van der Waals surface area contributed by atoms with Gasteiger partial charge in [-0.3, -0.25) is 4.79 Å². The summed E-state index contributed by atoms with van der Waals surface area (Å²) < 4.78 is 45.3. The van der Waals surface area contributed by atoms with E-state index >= 15 is 0 Å². The number of rotatable bonds is 51. The zero-order valence-corrected chi connectivity index (χ0v) is 55.3. The highest BCUT2D eigenvalue weighted by molar-refractivity contribution is 5.80. The van der Waals surface area contributed by atoms with Gasteiger partial charge in [-0.25, -0.2) is 0 Å². The average Bonchev–Trinajstić information content (AvgIpc) is 0.831. The molecule has 4 saturated heterocycles. The molecular weight excluding hydrogens is 1210 g/mol. The number of hydrogen-bond donors (Lipinski definition) is 17. The molecule has 0 aliphatic carbocycles. The minimum atomic E-state index is -1.99. The van der Waals surface area contributed by atoms with Crippen LogP contribution in [0.5, 0.6) is 0 Å². The highest BCUT2D eigenvalue weighted by Crippen LogP contribution is 2.32. The van der Waals surface area contributed by atoms with Crippen molar-refractivity contribution in [1.82, 2.24) is 5.32 Å². The molecule has 0 aromatic carbocycles. The number of ether oxygens (including phenoxy) is 8. The molecule has 4 fully saturated rings. The van der Waals surface area contributed by atoms with Gasteiger partial charge in [0.25, 0.3) is 0 Å². The summed E-state index contributed by atoms with van der Waals surface area (Å²) in [5.74, 6) is -0.817. The molecule has 0 unspecified atom stereocenters. The van der Waals surface area contributed by atoms with E-state index in [0.717, 1.165) is 51.4 Å². The molecule has 4 rings (SSSR count). The summed E-state index contributed by atoms with van der Waals surface area (Å²) in [6.45, 7) is 0.642. The molecule has 1 amide bonds. The van der Waals surface area contributed by atoms with Crippen molar-refractivity contribution in [3.05, 3.63) is 0 Å². The maximum atomic E-state index is 13.5. The van der Waals surface area contributed by atoms with Crippen LogP contribution in [0.4, 0.5) is 0 Å². The molecule has 0 saturated carbocycles. The second kappa shape index (κ2) is 47.5. The second-order valence-electron chi connectivity index (χ2n) is 26.4. The van der Waals surface area contributed by atoms with Crippen LogP contribution in [0.2, 0.25) is 0 Å². The number of carbonyl (C=O) groups excluding carboxylic acids is 1. The first-order chi connectivity index (χ1) is 44.3. The summed E-state index contributed by atoms with van der Waals surface area (Å²) in [6.07, 6.45) is -2.73. The second-order valence-corrected chi connectivity index (χ2v) is 26.4. The van der Waals surface area contributed by atoms with Crippen LogP contribution in [-0.4, -0.2) is 268 Å². The van der Waals surface area contributed by atoms with Gasteiger partial charge in [0.15, 0.2) is 25.2 Å². The van der Waals surface area contributed by atoms with E-state index in [1.807, 2.05) is 0 Å². The van der Waals surface area contributed by atoms with Gasteiger partial charge in [-0.15, -0.1) is 0 Å². The molecule has 544 valence electrons. The minimum absolute atomic E-state index is 0.149. The third-order valence-electron chi connectivity index (χ3n) is 18.7. The van der Waals surface area contributed by atoms with Gasteiger partial charge in [0.2, 0.25) is 5.91 Å². The van der Waals surface area contributed by atoms with Crippen LogP contribution in [-0.2, 0) is 42.7 Å². The topological polar surface area (TPSA) is 427 Å². The lowest BCUT2D eigenvalue weighted by Gasteiger charge is -2.46. The van der Waals surface area contributed by atoms with Gasteiger partial charge < -0.3 is 125 Å². The Bertz CT molecular complexity index is 1840. The Kier molecular flexibility index (Phi) is 42.8. The van der Waals surface area contributed by atoms with Gasteiger partial charge in [-0.2, -0.15) is 0 Å². The smallest absolute Gasteiger partial charge is 0.249 e. The van der Waals surface area contributed by atoms with Crippen molar-refractivity contribution in [1.29, 1.82) is 0 Å². The first kappa shape index (κ1) is 82.9. The van der Waals surface area contributed by atoms with Gasteiger partial charge in [0, 0.05) is 0 Å². The number of aliphatic hydroxyl groups is 16. The fourth-order valence-electron chi connectivity index (χ4n) is 12.5. The highest BCUT2D eigenvalue weighted by atomic mass is 16.8. The normalized spacial score (nSPS) is 33.4. The quantitative estimate of drug-likeness (QED) is 0.0388. The van der Waals surface area contributed by atoms with Crippen molar-refractivity contribution in [2.75, 3.05) is 33.0 Å². The lowest BCUT2D eigenvalue weighted by atomic mass is 9.96. The minimum Gasteiger partial charge on any atom is -0.394 e. The molecule has 0 aromatic rings. The first-order valence-electron chi connectivity index (χ1n) is 35.5. The standard InChI is InChI=1S/C66H125NO25/c1-3-5-7-9-11-13-15-17-18-19-20-21-22-23-24-26-28-30-32-34-36-44(71)62(84)67-42(49(72)43(70)35-33-31-29-27-25-16-14-12-10-8-6-4-2)39-85-63-57(80)55(78)51(74)47(90-63)40-86-64-58(81)56(79)52(75)48(91-64)41-87-65-60(83)61(53(76)46(38-69)88-65)92-66-59(82)54(77)50(73)45(37-68)89-66/h42-61,63-66,68-83H,3-41H2,1-2H3,(H,67,84)/t42-,43+,44+,45+,46+,47+,48+,49-,50+,51-,52-,53-,54-,55-,56-,57+,58+,59-,60+,61-,63+,64+,65+,66+/m0/s1. The zero-order chi connectivity index (χ0) is 67.4. The number of aliphatic hydroxyl groups excluding tert-OH is 16. The summed E-state index contributed by atoms with van der Waals surface area (Å²) in [7, 11) is 0. The summed E-state index contributed by atoms with van der Waals surface area (Å²) >= 11 is 0. The van der Waals surface area contributed by atoms with E-state index in [9.17, 15) is 86.5 Å². The molecular formula is C66H125NO25. The van der Waals surface area contributed by atoms with Crippen LogP contribution in [0.15, 0.2) is 0 Å². The van der Waals surface area contributed by atoms with Crippen LogP contribution in [0, 0.1) is 0 Å². The Morgan fingerprint density at radius 3 is 1.09 bits per heavy atom. The molecule has 4 heterocycles. The molecule has 0 spiro atoms. The van der Waals surface area contributed by atoms with E-state index in [1.165, 1.54) is 141 Å². The zero-order valence-electron chi connectivity index (χ0n) is 55.3.